The minimum atomic E-state index is -0.0116. The van der Waals surface area contributed by atoms with Gasteiger partial charge in [0.2, 0.25) is 6.20 Å². The predicted octanol–water partition coefficient (Wildman–Crippen LogP) is -2.97. The summed E-state index contributed by atoms with van der Waals surface area (Å²) < 4.78 is 0.537. The molecule has 1 aromatic heterocycles. The zero-order chi connectivity index (χ0) is 5.98. The van der Waals surface area contributed by atoms with Crippen LogP contribution in [0.3, 0.4) is 0 Å². The maximum atomic E-state index is 10.2. The van der Waals surface area contributed by atoms with Crippen LogP contribution in [0.1, 0.15) is 0 Å². The van der Waals surface area contributed by atoms with E-state index in [4.69, 9.17) is 5.11 Å². The molecular formula is C5H5ClFeNO2-. The Morgan fingerprint density at radius 3 is 2.40 bits per heavy atom. The van der Waals surface area contributed by atoms with Crippen molar-refractivity contribution >= 4 is 0 Å². The van der Waals surface area contributed by atoms with E-state index in [1.807, 2.05) is 0 Å². The number of hydrogen-bond acceptors (Lipinski definition) is 2. The van der Waals surface area contributed by atoms with Gasteiger partial charge in [-0.25, -0.2) is 0 Å². The van der Waals surface area contributed by atoms with E-state index in [2.05, 4.69) is 0 Å². The van der Waals surface area contributed by atoms with Gasteiger partial charge in [-0.15, -0.1) is 0 Å². The number of rotatable bonds is 0. The standard InChI is InChI=1S/C5H5NO2.ClH.Fe/c7-5-2-1-3-6(8)4-5;;/h1-4,7H;1H;/p-1. The van der Waals surface area contributed by atoms with Crippen LogP contribution >= 0.6 is 0 Å². The van der Waals surface area contributed by atoms with E-state index in [-0.39, 0.29) is 35.2 Å². The third-order valence-electron chi connectivity index (χ3n) is 0.759. The minimum Gasteiger partial charge on any atom is -1.00 e. The first-order valence-corrected chi connectivity index (χ1v) is 2.17. The molecule has 10 heavy (non-hydrogen) atoms. The van der Waals surface area contributed by atoms with Crippen molar-refractivity contribution in [2.45, 2.75) is 0 Å². The van der Waals surface area contributed by atoms with Crippen LogP contribution < -0.4 is 17.1 Å². The summed E-state index contributed by atoms with van der Waals surface area (Å²) in [4.78, 5) is 0. The Morgan fingerprint density at radius 1 is 1.50 bits per heavy atom. The second kappa shape index (κ2) is 5.35. The van der Waals surface area contributed by atoms with Crippen molar-refractivity contribution in [1.82, 2.24) is 0 Å². The average molecular weight is 202 g/mol. The summed E-state index contributed by atoms with van der Waals surface area (Å²) in [5.41, 5.74) is 0. The summed E-state index contributed by atoms with van der Waals surface area (Å²) in [6, 6.07) is 2.91. The molecule has 0 saturated carbocycles. The first-order chi connectivity index (χ1) is 3.79. The zero-order valence-corrected chi connectivity index (χ0v) is 6.70. The van der Waals surface area contributed by atoms with Gasteiger partial charge in [-0.05, 0) is 6.07 Å². The van der Waals surface area contributed by atoms with Crippen LogP contribution in [0.2, 0.25) is 0 Å². The van der Waals surface area contributed by atoms with Gasteiger partial charge in [0.15, 0.2) is 11.9 Å². The first-order valence-electron chi connectivity index (χ1n) is 2.17. The molecular weight excluding hydrogens is 197 g/mol. The SMILES string of the molecule is [Cl-].[Fe].[O-][n+]1cccc(O)c1. The molecule has 0 spiro atoms. The van der Waals surface area contributed by atoms with Gasteiger partial charge < -0.3 is 22.7 Å². The van der Waals surface area contributed by atoms with Crippen molar-refractivity contribution in [3.8, 4) is 5.75 Å². The second-order valence-electron chi connectivity index (χ2n) is 1.42. The fourth-order valence-electron chi connectivity index (χ4n) is 0.443. The Bertz CT molecular complexity index is 180. The maximum absolute atomic E-state index is 10.2. The maximum Gasteiger partial charge on any atom is 0.222 e. The van der Waals surface area contributed by atoms with Gasteiger partial charge in [0.25, 0.3) is 0 Å². The van der Waals surface area contributed by atoms with Crippen molar-refractivity contribution in [1.29, 1.82) is 0 Å². The molecule has 0 fully saturated rings. The van der Waals surface area contributed by atoms with Crippen molar-refractivity contribution in [2.75, 3.05) is 0 Å². The molecule has 1 heterocycles. The molecule has 0 bridgehead atoms. The summed E-state index contributed by atoms with van der Waals surface area (Å²) in [6.07, 6.45) is 2.39. The van der Waals surface area contributed by atoms with E-state index in [9.17, 15) is 5.21 Å². The minimum absolute atomic E-state index is 0. The topological polar surface area (TPSA) is 47.2 Å². The third-order valence-corrected chi connectivity index (χ3v) is 0.759. The normalized spacial score (nSPS) is 7.20. The van der Waals surface area contributed by atoms with Gasteiger partial charge in [-0.3, -0.25) is 0 Å². The molecule has 5 heteroatoms. The molecule has 0 aliphatic rings. The van der Waals surface area contributed by atoms with Crippen molar-refractivity contribution in [3.05, 3.63) is 29.7 Å². The Labute approximate surface area is 75.2 Å². The van der Waals surface area contributed by atoms with Crippen molar-refractivity contribution in [3.63, 3.8) is 0 Å². The quantitative estimate of drug-likeness (QED) is 0.277. The van der Waals surface area contributed by atoms with Gasteiger partial charge >= 0.3 is 0 Å². The molecule has 58 valence electrons. The fourth-order valence-corrected chi connectivity index (χ4v) is 0.443. The van der Waals surface area contributed by atoms with E-state index in [0.29, 0.717) is 4.73 Å². The fraction of sp³-hybridized carbons (Fsp3) is 0. The summed E-state index contributed by atoms with van der Waals surface area (Å²) in [6.45, 7) is 0. The van der Waals surface area contributed by atoms with Crippen LogP contribution in [0.5, 0.6) is 5.75 Å². The molecule has 0 aromatic carbocycles. The van der Waals surface area contributed by atoms with E-state index in [0.717, 1.165) is 6.20 Å². The van der Waals surface area contributed by atoms with E-state index in [1.54, 1.807) is 0 Å². The zero-order valence-electron chi connectivity index (χ0n) is 4.84. The van der Waals surface area contributed by atoms with E-state index < -0.39 is 0 Å². The Kier molecular flexibility index (Phi) is 6.56. The largest absolute Gasteiger partial charge is 1.00 e. The molecule has 0 atom stereocenters. The van der Waals surface area contributed by atoms with Crippen LogP contribution in [0.25, 0.3) is 0 Å². The van der Waals surface area contributed by atoms with Crippen molar-refractivity contribution < 1.29 is 39.3 Å². The Hall–Kier alpha value is -0.441. The number of nitrogens with zero attached hydrogens (tertiary/aromatic N) is 1. The third kappa shape index (κ3) is 3.56. The molecule has 0 aliphatic carbocycles. The number of pyridine rings is 1. The number of hydrogen-bond donors (Lipinski definition) is 1. The smallest absolute Gasteiger partial charge is 0.222 e. The predicted molar refractivity (Wildman–Crippen MR) is 27.1 cm³/mol. The molecule has 0 aliphatic heterocycles. The molecule has 1 rings (SSSR count). The Balaban J connectivity index is 0. The van der Waals surface area contributed by atoms with Crippen LogP contribution in [-0.2, 0) is 17.1 Å². The molecule has 0 radical (unpaired) electrons. The molecule has 1 aromatic rings. The number of halogens is 1. The summed E-state index contributed by atoms with van der Waals surface area (Å²) in [7, 11) is 0. The van der Waals surface area contributed by atoms with Gasteiger partial charge in [0.05, 0.1) is 0 Å². The Morgan fingerprint density at radius 2 is 2.10 bits per heavy atom. The first kappa shape index (κ1) is 12.3. The van der Waals surface area contributed by atoms with E-state index in [1.165, 1.54) is 18.3 Å². The number of aromatic hydroxyl groups is 1. The monoisotopic (exact) mass is 202 g/mol. The molecule has 0 amide bonds. The molecule has 3 nitrogen and oxygen atoms in total. The molecule has 1 N–H and O–H groups in total. The average Bonchev–Trinajstić information content (AvgIpc) is 1.64. The van der Waals surface area contributed by atoms with Crippen LogP contribution in [0.4, 0.5) is 0 Å². The summed E-state index contributed by atoms with van der Waals surface area (Å²) >= 11 is 0. The van der Waals surface area contributed by atoms with Crippen LogP contribution in [0.15, 0.2) is 24.5 Å². The second-order valence-corrected chi connectivity index (χ2v) is 1.42. The van der Waals surface area contributed by atoms with E-state index >= 15 is 0 Å². The van der Waals surface area contributed by atoms with Gasteiger partial charge in [0.1, 0.15) is 0 Å². The van der Waals surface area contributed by atoms with Gasteiger partial charge in [-0.2, -0.15) is 4.73 Å². The molecule has 0 unspecified atom stereocenters. The molecule has 0 saturated heterocycles. The van der Waals surface area contributed by atoms with Gasteiger partial charge in [0, 0.05) is 23.1 Å². The van der Waals surface area contributed by atoms with Crippen LogP contribution in [0, 0.1) is 5.21 Å². The summed E-state index contributed by atoms with van der Waals surface area (Å²) in [5.74, 6) is -0.0116. The summed E-state index contributed by atoms with van der Waals surface area (Å²) in [5, 5.41) is 18.8. The van der Waals surface area contributed by atoms with Gasteiger partial charge in [-0.1, -0.05) is 0 Å². The number of aromatic nitrogens is 1. The van der Waals surface area contributed by atoms with Crippen LogP contribution in [-0.4, -0.2) is 5.11 Å². The van der Waals surface area contributed by atoms with Crippen molar-refractivity contribution in [2.24, 2.45) is 0 Å².